The quantitative estimate of drug-likeness (QED) is 0.249. The van der Waals surface area contributed by atoms with Gasteiger partial charge in [0.1, 0.15) is 11.6 Å². The van der Waals surface area contributed by atoms with Crippen molar-refractivity contribution in [2.75, 3.05) is 13.1 Å². The van der Waals surface area contributed by atoms with E-state index in [1.165, 1.54) is 6.07 Å². The van der Waals surface area contributed by atoms with E-state index >= 15 is 0 Å². The Morgan fingerprint density at radius 3 is 2.25 bits per heavy atom. The summed E-state index contributed by atoms with van der Waals surface area (Å²) in [4.78, 5) is 25.0. The zero-order chi connectivity index (χ0) is 29.3. The molecule has 214 valence electrons. The molecule has 2 amide bonds. The Balaban J connectivity index is 1.64. The van der Waals surface area contributed by atoms with Gasteiger partial charge in [0.2, 0.25) is 5.91 Å². The number of aliphatic hydroxyl groups excluding tert-OH is 1. The van der Waals surface area contributed by atoms with Gasteiger partial charge in [-0.3, -0.25) is 9.59 Å². The van der Waals surface area contributed by atoms with Crippen LogP contribution in [0.25, 0.3) is 0 Å². The van der Waals surface area contributed by atoms with Crippen molar-refractivity contribution in [1.29, 1.82) is 0 Å². The van der Waals surface area contributed by atoms with E-state index in [9.17, 15) is 36.6 Å². The second-order valence-corrected chi connectivity index (χ2v) is 9.29. The van der Waals surface area contributed by atoms with Crippen molar-refractivity contribution in [3.05, 3.63) is 106 Å². The third-order valence-corrected chi connectivity index (χ3v) is 6.13. The van der Waals surface area contributed by atoms with E-state index < -0.39 is 53.9 Å². The number of carbonyl (C=O) groups is 2. The molecule has 40 heavy (non-hydrogen) atoms. The Kier molecular flexibility index (Phi) is 10.7. The smallest absolute Gasteiger partial charge is 0.390 e. The van der Waals surface area contributed by atoms with E-state index in [1.807, 2.05) is 31.2 Å². The molecule has 0 spiro atoms. The lowest BCUT2D eigenvalue weighted by molar-refractivity contribution is -0.137. The van der Waals surface area contributed by atoms with E-state index in [0.717, 1.165) is 41.8 Å². The summed E-state index contributed by atoms with van der Waals surface area (Å²) in [6, 6.07) is 13.4. The lowest BCUT2D eigenvalue weighted by Gasteiger charge is -2.25. The molecule has 0 aliphatic rings. The minimum atomic E-state index is -4.64. The molecule has 0 aromatic heterocycles. The van der Waals surface area contributed by atoms with Crippen molar-refractivity contribution >= 4 is 11.8 Å². The van der Waals surface area contributed by atoms with Gasteiger partial charge in [-0.15, -0.1) is 0 Å². The molecule has 3 aromatic carbocycles. The van der Waals surface area contributed by atoms with Crippen LogP contribution in [0.5, 0.6) is 0 Å². The van der Waals surface area contributed by atoms with Gasteiger partial charge in [-0.05, 0) is 59.9 Å². The number of alkyl halides is 3. The van der Waals surface area contributed by atoms with E-state index in [-0.39, 0.29) is 24.1 Å². The highest BCUT2D eigenvalue weighted by atomic mass is 19.4. The number of aliphatic hydroxyl groups is 1. The third kappa shape index (κ3) is 9.42. The van der Waals surface area contributed by atoms with Gasteiger partial charge < -0.3 is 21.1 Å². The van der Waals surface area contributed by atoms with Crippen LogP contribution < -0.4 is 16.0 Å². The van der Waals surface area contributed by atoms with Crippen LogP contribution in [-0.4, -0.2) is 42.2 Å². The first-order chi connectivity index (χ1) is 18.9. The minimum Gasteiger partial charge on any atom is -0.390 e. The van der Waals surface area contributed by atoms with Gasteiger partial charge >= 0.3 is 6.18 Å². The summed E-state index contributed by atoms with van der Waals surface area (Å²) >= 11 is 0. The van der Waals surface area contributed by atoms with Gasteiger partial charge in [-0.1, -0.05) is 37.3 Å². The zero-order valence-electron chi connectivity index (χ0n) is 21.7. The molecule has 0 saturated carbocycles. The topological polar surface area (TPSA) is 90.5 Å². The molecule has 0 aliphatic heterocycles. The number of rotatable bonds is 12. The van der Waals surface area contributed by atoms with Crippen LogP contribution >= 0.6 is 0 Å². The van der Waals surface area contributed by atoms with E-state index in [2.05, 4.69) is 16.0 Å². The number of hydrogen-bond donors (Lipinski definition) is 4. The number of carbonyl (C=O) groups excluding carboxylic acids is 2. The maximum Gasteiger partial charge on any atom is 0.416 e. The molecule has 0 bridgehead atoms. The molecule has 0 unspecified atom stereocenters. The van der Waals surface area contributed by atoms with Crippen molar-refractivity contribution in [2.24, 2.45) is 0 Å². The molecule has 0 aliphatic carbocycles. The Morgan fingerprint density at radius 1 is 0.900 bits per heavy atom. The maximum absolute atomic E-state index is 13.7. The van der Waals surface area contributed by atoms with Crippen LogP contribution in [0.2, 0.25) is 0 Å². The van der Waals surface area contributed by atoms with Gasteiger partial charge in [-0.25, -0.2) is 8.78 Å². The standard InChI is InChI=1S/C29H30F5N3O3/c1-2-18-5-3-6-19(9-18)15-35-16-26(38)25(12-20-10-23(30)14-24(31)11-20)37-27(39)17-36-28(40)21-7-4-8-22(13-21)29(32,33)34/h3-11,13-14,25-26,35,38H,2,12,15-17H2,1H3,(H,36,40)(H,37,39)/t25-,26+/m0/s1. The second-order valence-electron chi connectivity index (χ2n) is 9.29. The fourth-order valence-corrected chi connectivity index (χ4v) is 4.09. The molecule has 0 heterocycles. The largest absolute Gasteiger partial charge is 0.416 e. The zero-order valence-corrected chi connectivity index (χ0v) is 21.7. The number of amides is 2. The Labute approximate surface area is 228 Å². The summed E-state index contributed by atoms with van der Waals surface area (Å²) < 4.78 is 66.3. The first kappa shape index (κ1) is 30.7. The van der Waals surface area contributed by atoms with Gasteiger partial charge in [0, 0.05) is 24.7 Å². The van der Waals surface area contributed by atoms with Crippen molar-refractivity contribution in [3.8, 4) is 0 Å². The summed E-state index contributed by atoms with van der Waals surface area (Å²) in [6.45, 7) is 1.87. The fraction of sp³-hybridized carbons (Fsp3) is 0.310. The highest BCUT2D eigenvalue weighted by Gasteiger charge is 2.31. The highest BCUT2D eigenvalue weighted by molar-refractivity contribution is 5.96. The van der Waals surface area contributed by atoms with Gasteiger partial charge in [-0.2, -0.15) is 13.2 Å². The molecule has 3 aromatic rings. The van der Waals surface area contributed by atoms with Crippen molar-refractivity contribution in [2.45, 2.75) is 44.6 Å². The van der Waals surface area contributed by atoms with Crippen LogP contribution in [0.15, 0.2) is 66.7 Å². The van der Waals surface area contributed by atoms with Crippen LogP contribution in [0, 0.1) is 11.6 Å². The number of benzene rings is 3. The molecule has 0 fully saturated rings. The predicted molar refractivity (Wildman–Crippen MR) is 139 cm³/mol. The van der Waals surface area contributed by atoms with E-state index in [1.54, 1.807) is 0 Å². The van der Waals surface area contributed by atoms with Gasteiger partial charge in [0.25, 0.3) is 5.91 Å². The summed E-state index contributed by atoms with van der Waals surface area (Å²) in [6.07, 6.45) is -5.10. The number of hydrogen-bond acceptors (Lipinski definition) is 4. The predicted octanol–water partition coefficient (Wildman–Crippen LogP) is 4.15. The molecular formula is C29H30F5N3O3. The molecule has 3 rings (SSSR count). The van der Waals surface area contributed by atoms with Crippen LogP contribution in [0.1, 0.15) is 39.5 Å². The Bertz CT molecular complexity index is 1300. The number of aryl methyl sites for hydroxylation is 1. The van der Waals surface area contributed by atoms with Gasteiger partial charge in [0.05, 0.1) is 24.3 Å². The normalized spacial score (nSPS) is 13.0. The SMILES string of the molecule is CCc1cccc(CNC[C@@H](O)[C@H](Cc2cc(F)cc(F)c2)NC(=O)CNC(=O)c2cccc(C(F)(F)F)c2)c1. The third-order valence-electron chi connectivity index (χ3n) is 6.13. The lowest BCUT2D eigenvalue weighted by atomic mass is 10.0. The Hall–Kier alpha value is -3.83. The van der Waals surface area contributed by atoms with E-state index in [4.69, 9.17) is 0 Å². The van der Waals surface area contributed by atoms with Crippen LogP contribution in [0.4, 0.5) is 22.0 Å². The molecular weight excluding hydrogens is 533 g/mol. The average molecular weight is 564 g/mol. The van der Waals surface area contributed by atoms with Crippen molar-refractivity contribution < 1.29 is 36.6 Å². The van der Waals surface area contributed by atoms with Gasteiger partial charge in [0.15, 0.2) is 0 Å². The molecule has 6 nitrogen and oxygen atoms in total. The van der Waals surface area contributed by atoms with E-state index in [0.29, 0.717) is 18.7 Å². The van der Waals surface area contributed by atoms with Crippen LogP contribution in [-0.2, 0) is 30.4 Å². The molecule has 0 radical (unpaired) electrons. The monoisotopic (exact) mass is 563 g/mol. The fourth-order valence-electron chi connectivity index (χ4n) is 4.09. The molecule has 2 atom stereocenters. The van der Waals surface area contributed by atoms with Crippen LogP contribution in [0.3, 0.4) is 0 Å². The highest BCUT2D eigenvalue weighted by Crippen LogP contribution is 2.29. The summed E-state index contributed by atoms with van der Waals surface area (Å²) in [5.74, 6) is -3.30. The number of halogens is 5. The summed E-state index contributed by atoms with van der Waals surface area (Å²) in [5, 5.41) is 18.7. The first-order valence-corrected chi connectivity index (χ1v) is 12.6. The molecule has 4 N–H and O–H groups in total. The van der Waals surface area contributed by atoms with Crippen molar-refractivity contribution in [3.63, 3.8) is 0 Å². The lowest BCUT2D eigenvalue weighted by Crippen LogP contribution is -2.51. The Morgan fingerprint density at radius 2 is 1.57 bits per heavy atom. The second kappa shape index (κ2) is 14.0. The molecule has 11 heteroatoms. The summed E-state index contributed by atoms with van der Waals surface area (Å²) in [5.41, 5.74) is 1.02. The summed E-state index contributed by atoms with van der Waals surface area (Å²) in [7, 11) is 0. The average Bonchev–Trinajstić information content (AvgIpc) is 2.90. The number of nitrogens with one attached hydrogen (secondary N) is 3. The first-order valence-electron chi connectivity index (χ1n) is 12.6. The minimum absolute atomic E-state index is 0.0235. The van der Waals surface area contributed by atoms with Crippen molar-refractivity contribution in [1.82, 2.24) is 16.0 Å². The maximum atomic E-state index is 13.7. The molecule has 0 saturated heterocycles.